The zero-order chi connectivity index (χ0) is 36.6. The van der Waals surface area contributed by atoms with Crippen LogP contribution in [0.15, 0.2) is 102 Å². The second-order valence-corrected chi connectivity index (χ2v) is 14.6. The van der Waals surface area contributed by atoms with Crippen LogP contribution >= 0.6 is 0 Å². The molecule has 1 saturated carbocycles. The molecule has 51 heavy (non-hydrogen) atoms. The van der Waals surface area contributed by atoms with Gasteiger partial charge < -0.3 is 4.74 Å². The van der Waals surface area contributed by atoms with Crippen molar-refractivity contribution in [3.63, 3.8) is 0 Å². The van der Waals surface area contributed by atoms with Gasteiger partial charge in [-0.2, -0.15) is 26.3 Å². The van der Waals surface area contributed by atoms with Gasteiger partial charge in [0.05, 0.1) is 22.2 Å². The minimum atomic E-state index is -6.10. The molecule has 1 unspecified atom stereocenters. The number of alkyl halides is 6. The molecule has 0 amide bonds. The quantitative estimate of drug-likeness (QED) is 0.153. The van der Waals surface area contributed by atoms with Gasteiger partial charge >= 0.3 is 12.4 Å². The lowest BCUT2D eigenvalue weighted by molar-refractivity contribution is -0.392. The van der Waals surface area contributed by atoms with Gasteiger partial charge in [-0.25, -0.2) is 13.2 Å². The van der Waals surface area contributed by atoms with Crippen LogP contribution in [0.1, 0.15) is 35.1 Å². The molecule has 0 spiro atoms. The van der Waals surface area contributed by atoms with E-state index in [1.807, 2.05) is 30.3 Å². The number of ether oxygens (including phenoxy) is 1. The summed E-state index contributed by atoms with van der Waals surface area (Å²) in [6.45, 7) is 2.05. The molecule has 14 heteroatoms. The summed E-state index contributed by atoms with van der Waals surface area (Å²) in [6, 6.07) is 20.5. The van der Waals surface area contributed by atoms with Crippen LogP contribution in [0.2, 0.25) is 0 Å². The Morgan fingerprint density at radius 1 is 0.706 bits per heavy atom. The third-order valence-electron chi connectivity index (χ3n) is 9.80. The summed E-state index contributed by atoms with van der Waals surface area (Å²) in [5.41, 5.74) is -6.00. The van der Waals surface area contributed by atoms with Crippen molar-refractivity contribution in [1.29, 1.82) is 0 Å². The largest absolute Gasteiger partial charge is 0.430 e. The molecule has 1 aliphatic carbocycles. The zero-order valence-corrected chi connectivity index (χ0v) is 27.8. The number of benzene rings is 4. The fourth-order valence-corrected chi connectivity index (χ4v) is 8.83. The molecule has 1 atom stereocenters. The van der Waals surface area contributed by atoms with E-state index in [4.69, 9.17) is 0 Å². The molecule has 6 rings (SSSR count). The highest BCUT2D eigenvalue weighted by Crippen LogP contribution is 2.55. The molecular formula is C37H33F9N2O2S. The predicted octanol–water partition coefficient (Wildman–Crippen LogP) is 8.62. The third-order valence-corrected chi connectivity index (χ3v) is 11.8. The Morgan fingerprint density at radius 2 is 1.27 bits per heavy atom. The Labute approximate surface area is 291 Å². The lowest BCUT2D eigenvalue weighted by Gasteiger charge is -2.53. The molecule has 0 aromatic heterocycles. The molecule has 1 saturated heterocycles. The van der Waals surface area contributed by atoms with Gasteiger partial charge in [-0.15, -0.1) is 0 Å². The van der Waals surface area contributed by atoms with Gasteiger partial charge in [-0.3, -0.25) is 14.0 Å². The first-order valence-electron chi connectivity index (χ1n) is 16.1. The van der Waals surface area contributed by atoms with Crippen LogP contribution < -0.4 is 0 Å². The molecule has 2 fully saturated rings. The molecule has 1 aliphatic heterocycles. The molecule has 4 aromatic rings. The number of rotatable bonds is 10. The summed E-state index contributed by atoms with van der Waals surface area (Å²) >= 11 is 0. The maximum Gasteiger partial charge on any atom is 0.430 e. The van der Waals surface area contributed by atoms with E-state index in [0.717, 1.165) is 50.0 Å². The molecule has 4 aromatic carbocycles. The van der Waals surface area contributed by atoms with Crippen LogP contribution in [0.25, 0.3) is 0 Å². The fraction of sp³-hybridized carbons (Fsp3) is 0.351. The lowest BCUT2D eigenvalue weighted by Crippen LogP contribution is -2.59. The van der Waals surface area contributed by atoms with E-state index in [0.29, 0.717) is 37.4 Å². The summed E-state index contributed by atoms with van der Waals surface area (Å²) in [6.07, 6.45) is -11.6. The normalized spacial score (nSPS) is 21.3. The molecule has 0 radical (unpaired) electrons. The maximum absolute atomic E-state index is 14.5. The van der Waals surface area contributed by atoms with Gasteiger partial charge in [0.1, 0.15) is 17.5 Å². The van der Waals surface area contributed by atoms with E-state index in [1.54, 1.807) is 0 Å². The van der Waals surface area contributed by atoms with Gasteiger partial charge in [-0.1, -0.05) is 60.7 Å². The van der Waals surface area contributed by atoms with Crippen molar-refractivity contribution >= 4 is 10.8 Å². The second kappa shape index (κ2) is 14.4. The first-order valence-corrected chi connectivity index (χ1v) is 17.3. The van der Waals surface area contributed by atoms with E-state index < -0.39 is 68.7 Å². The van der Waals surface area contributed by atoms with E-state index in [1.165, 1.54) is 17.7 Å². The number of halogens is 9. The van der Waals surface area contributed by atoms with Crippen LogP contribution in [-0.4, -0.2) is 58.6 Å². The van der Waals surface area contributed by atoms with Crippen molar-refractivity contribution in [2.24, 2.45) is 0 Å². The number of piperazine rings is 1. The minimum Gasteiger partial charge on any atom is -0.349 e. The van der Waals surface area contributed by atoms with Crippen LogP contribution in [-0.2, 0) is 39.0 Å². The van der Waals surface area contributed by atoms with Gasteiger partial charge in [0, 0.05) is 54.8 Å². The van der Waals surface area contributed by atoms with Gasteiger partial charge in [0.2, 0.25) is 0 Å². The van der Waals surface area contributed by atoms with Crippen molar-refractivity contribution in [2.45, 2.75) is 59.6 Å². The van der Waals surface area contributed by atoms with E-state index in [-0.39, 0.29) is 29.3 Å². The predicted molar refractivity (Wildman–Crippen MR) is 172 cm³/mol. The first-order chi connectivity index (χ1) is 24.1. The average molecular weight is 741 g/mol. The number of nitrogens with zero attached hydrogens (tertiary/aromatic N) is 2. The molecular weight excluding hydrogens is 707 g/mol. The third kappa shape index (κ3) is 7.20. The van der Waals surface area contributed by atoms with Gasteiger partial charge in [-0.05, 0) is 60.4 Å². The Kier molecular flexibility index (Phi) is 10.4. The Morgan fingerprint density at radius 3 is 1.82 bits per heavy atom. The summed E-state index contributed by atoms with van der Waals surface area (Å²) in [7, 11) is -1.88. The Hall–Kier alpha value is -3.72. The fourth-order valence-electron chi connectivity index (χ4n) is 6.96. The van der Waals surface area contributed by atoms with Crippen LogP contribution in [0, 0.1) is 17.5 Å². The molecule has 0 bridgehead atoms. The summed E-state index contributed by atoms with van der Waals surface area (Å²) in [4.78, 5) is 4.80. The van der Waals surface area contributed by atoms with Crippen molar-refractivity contribution in [1.82, 2.24) is 9.80 Å². The summed E-state index contributed by atoms with van der Waals surface area (Å²) in [5.74, 6) is -3.31. The molecule has 1 heterocycles. The van der Waals surface area contributed by atoms with Crippen LogP contribution in [0.3, 0.4) is 0 Å². The monoisotopic (exact) mass is 740 g/mol. The standard InChI is InChI=1S/C37H33F9N2O2S/c38-28-13-15-30(16-14-28)51(49)34(21-29(22-34)48-19-17-47(18-20-48)23-25-5-2-1-3-6-25)26-9-11-27(12-10-26)35(36(41,42)43,37(44,45)46)50-24-31-32(39)7-4-8-33(31)40/h1-16,29H,17-24H2. The van der Waals surface area contributed by atoms with Crippen molar-refractivity contribution in [2.75, 3.05) is 26.2 Å². The van der Waals surface area contributed by atoms with Crippen LogP contribution in [0.4, 0.5) is 39.5 Å². The first kappa shape index (κ1) is 37.1. The second-order valence-electron chi connectivity index (χ2n) is 12.8. The van der Waals surface area contributed by atoms with E-state index >= 15 is 0 Å². The summed E-state index contributed by atoms with van der Waals surface area (Å²) < 4.78 is 147. The highest BCUT2D eigenvalue weighted by Gasteiger charge is 2.73. The van der Waals surface area contributed by atoms with Crippen molar-refractivity contribution in [3.05, 3.63) is 137 Å². The topological polar surface area (TPSA) is 32.8 Å². The molecule has 0 N–H and O–H groups in total. The van der Waals surface area contributed by atoms with E-state index in [2.05, 4.69) is 14.5 Å². The average Bonchev–Trinajstić information content (AvgIpc) is 3.06. The summed E-state index contributed by atoms with van der Waals surface area (Å²) in [5, 5.41) is 0. The zero-order valence-electron chi connectivity index (χ0n) is 27.0. The van der Waals surface area contributed by atoms with Crippen molar-refractivity contribution in [3.8, 4) is 0 Å². The van der Waals surface area contributed by atoms with Crippen molar-refractivity contribution < 1.29 is 48.5 Å². The Bertz CT molecular complexity index is 1790. The molecule has 2 aliphatic rings. The SMILES string of the molecule is O=S(c1ccc(F)cc1)C1(c2ccc(C(OCc3c(F)cccc3F)(C(F)(F)F)C(F)(F)F)cc2)CC(N2CCN(Cc3ccccc3)CC2)C1. The van der Waals surface area contributed by atoms with Gasteiger partial charge in [0.15, 0.2) is 0 Å². The number of hydrogen-bond donors (Lipinski definition) is 0. The van der Waals surface area contributed by atoms with Crippen LogP contribution in [0.5, 0.6) is 0 Å². The smallest absolute Gasteiger partial charge is 0.349 e. The molecule has 272 valence electrons. The number of hydrogen-bond acceptors (Lipinski definition) is 4. The lowest BCUT2D eigenvalue weighted by atomic mass is 9.73. The molecule has 4 nitrogen and oxygen atoms in total. The highest BCUT2D eigenvalue weighted by molar-refractivity contribution is 7.86. The highest BCUT2D eigenvalue weighted by atomic mass is 32.2. The van der Waals surface area contributed by atoms with Gasteiger partial charge in [0.25, 0.3) is 5.60 Å². The minimum absolute atomic E-state index is 0.0728. The maximum atomic E-state index is 14.5. The van der Waals surface area contributed by atoms with E-state index in [9.17, 15) is 43.7 Å². The Balaban J connectivity index is 1.28.